The zero-order chi connectivity index (χ0) is 14.7. The lowest BCUT2D eigenvalue weighted by atomic mass is 10.1. The number of hydrogen-bond donors (Lipinski definition) is 0. The van der Waals surface area contributed by atoms with E-state index in [9.17, 15) is 4.79 Å². The summed E-state index contributed by atoms with van der Waals surface area (Å²) >= 11 is 1.61. The molecule has 0 radical (unpaired) electrons. The van der Waals surface area contributed by atoms with Gasteiger partial charge in [-0.15, -0.1) is 11.3 Å². The van der Waals surface area contributed by atoms with Crippen LogP contribution in [0.15, 0.2) is 29.6 Å². The van der Waals surface area contributed by atoms with Crippen molar-refractivity contribution in [2.24, 2.45) is 0 Å². The minimum Gasteiger partial charge on any atom is -0.496 e. The fourth-order valence-corrected chi connectivity index (χ4v) is 3.18. The maximum atomic E-state index is 12.1. The van der Waals surface area contributed by atoms with Crippen molar-refractivity contribution in [1.29, 1.82) is 0 Å². The Balaban J connectivity index is 2.40. The second-order valence-corrected chi connectivity index (χ2v) is 5.76. The summed E-state index contributed by atoms with van der Waals surface area (Å²) in [5.74, 6) is 0.880. The SMILES string of the molecule is COc1ccsc1CN(C(C)=O)c1c(C)cccc1C. The first-order valence-electron chi connectivity index (χ1n) is 6.49. The predicted octanol–water partition coefficient (Wildman–Crippen LogP) is 3.93. The Morgan fingerprint density at radius 1 is 1.25 bits per heavy atom. The van der Waals surface area contributed by atoms with Crippen molar-refractivity contribution in [3.05, 3.63) is 45.6 Å². The molecule has 0 N–H and O–H groups in total. The molecule has 0 spiro atoms. The fourth-order valence-electron chi connectivity index (χ4n) is 2.35. The number of thiophene rings is 1. The van der Waals surface area contributed by atoms with Crippen molar-refractivity contribution in [3.63, 3.8) is 0 Å². The zero-order valence-corrected chi connectivity index (χ0v) is 13.1. The van der Waals surface area contributed by atoms with Gasteiger partial charge in [-0.1, -0.05) is 18.2 Å². The number of carbonyl (C=O) groups excluding carboxylic acids is 1. The molecule has 1 amide bonds. The van der Waals surface area contributed by atoms with E-state index in [4.69, 9.17) is 4.74 Å². The second-order valence-electron chi connectivity index (χ2n) is 4.76. The smallest absolute Gasteiger partial charge is 0.224 e. The lowest BCUT2D eigenvalue weighted by Gasteiger charge is -2.25. The van der Waals surface area contributed by atoms with Gasteiger partial charge >= 0.3 is 0 Å². The fraction of sp³-hybridized carbons (Fsp3) is 0.312. The Morgan fingerprint density at radius 3 is 2.45 bits per heavy atom. The van der Waals surface area contributed by atoms with Gasteiger partial charge in [-0.3, -0.25) is 4.79 Å². The maximum Gasteiger partial charge on any atom is 0.224 e. The van der Waals surface area contributed by atoms with Crippen LogP contribution >= 0.6 is 11.3 Å². The average molecular weight is 289 g/mol. The molecule has 0 aliphatic carbocycles. The normalized spacial score (nSPS) is 10.4. The third-order valence-electron chi connectivity index (χ3n) is 3.32. The average Bonchev–Trinajstić information content (AvgIpc) is 2.84. The van der Waals surface area contributed by atoms with E-state index in [0.717, 1.165) is 27.4 Å². The summed E-state index contributed by atoms with van der Waals surface area (Å²) in [7, 11) is 1.66. The molecule has 20 heavy (non-hydrogen) atoms. The predicted molar refractivity (Wildman–Crippen MR) is 83.7 cm³/mol. The summed E-state index contributed by atoms with van der Waals surface area (Å²) in [6.07, 6.45) is 0. The molecule has 1 heterocycles. The van der Waals surface area contributed by atoms with Gasteiger partial charge in [0.1, 0.15) is 5.75 Å². The van der Waals surface area contributed by atoms with Gasteiger partial charge in [0, 0.05) is 12.6 Å². The third-order valence-corrected chi connectivity index (χ3v) is 4.20. The van der Waals surface area contributed by atoms with E-state index in [1.807, 2.05) is 48.4 Å². The van der Waals surface area contributed by atoms with Crippen molar-refractivity contribution in [3.8, 4) is 5.75 Å². The molecular formula is C16H19NO2S. The van der Waals surface area contributed by atoms with Gasteiger partial charge in [-0.2, -0.15) is 0 Å². The Morgan fingerprint density at radius 2 is 1.90 bits per heavy atom. The monoisotopic (exact) mass is 289 g/mol. The van der Waals surface area contributed by atoms with Crippen LogP contribution in [0.3, 0.4) is 0 Å². The molecule has 1 aromatic heterocycles. The highest BCUT2D eigenvalue weighted by Crippen LogP contribution is 2.31. The number of methoxy groups -OCH3 is 1. The second kappa shape index (κ2) is 6.09. The number of para-hydroxylation sites is 1. The van der Waals surface area contributed by atoms with Crippen LogP contribution in [-0.4, -0.2) is 13.0 Å². The Bertz CT molecular complexity index is 598. The largest absolute Gasteiger partial charge is 0.496 e. The van der Waals surface area contributed by atoms with Crippen molar-refractivity contribution in [2.45, 2.75) is 27.3 Å². The standard InChI is InChI=1S/C16H19NO2S/c1-11-6-5-7-12(2)16(11)17(13(3)18)10-15-14(19-4)8-9-20-15/h5-9H,10H2,1-4H3. The summed E-state index contributed by atoms with van der Waals surface area (Å²) in [6.45, 7) is 6.21. The number of rotatable bonds is 4. The van der Waals surface area contributed by atoms with Crippen LogP contribution in [0.4, 0.5) is 5.69 Å². The number of aryl methyl sites for hydroxylation is 2. The molecule has 2 aromatic rings. The van der Waals surface area contributed by atoms with Gasteiger partial charge in [0.2, 0.25) is 5.91 Å². The molecule has 0 fully saturated rings. The van der Waals surface area contributed by atoms with E-state index < -0.39 is 0 Å². The van der Waals surface area contributed by atoms with Crippen LogP contribution in [0.25, 0.3) is 0 Å². The summed E-state index contributed by atoms with van der Waals surface area (Å²) in [4.78, 5) is 14.9. The first-order valence-corrected chi connectivity index (χ1v) is 7.37. The third kappa shape index (κ3) is 2.85. The summed E-state index contributed by atoms with van der Waals surface area (Å²) in [5.41, 5.74) is 3.21. The maximum absolute atomic E-state index is 12.1. The molecule has 0 aliphatic rings. The molecule has 4 heteroatoms. The number of hydrogen-bond acceptors (Lipinski definition) is 3. The van der Waals surface area contributed by atoms with E-state index >= 15 is 0 Å². The minimum atomic E-state index is 0.0397. The van der Waals surface area contributed by atoms with Gasteiger partial charge < -0.3 is 9.64 Å². The Hall–Kier alpha value is -1.81. The molecular weight excluding hydrogens is 270 g/mol. The quantitative estimate of drug-likeness (QED) is 0.853. The van der Waals surface area contributed by atoms with Gasteiger partial charge in [0.05, 0.1) is 18.5 Å². The highest BCUT2D eigenvalue weighted by Gasteiger charge is 2.18. The van der Waals surface area contributed by atoms with Gasteiger partial charge in [0.15, 0.2) is 0 Å². The van der Waals surface area contributed by atoms with E-state index in [2.05, 4.69) is 0 Å². The molecule has 0 bridgehead atoms. The molecule has 1 aromatic carbocycles. The number of ether oxygens (including phenoxy) is 1. The van der Waals surface area contributed by atoms with Crippen LogP contribution in [-0.2, 0) is 11.3 Å². The molecule has 0 saturated carbocycles. The Kier molecular flexibility index (Phi) is 4.45. The highest BCUT2D eigenvalue weighted by atomic mass is 32.1. The number of carbonyl (C=O) groups is 1. The highest BCUT2D eigenvalue weighted by molar-refractivity contribution is 7.10. The van der Waals surface area contributed by atoms with Crippen LogP contribution in [0.5, 0.6) is 5.75 Å². The summed E-state index contributed by atoms with van der Waals surface area (Å²) < 4.78 is 5.33. The first kappa shape index (κ1) is 14.6. The van der Waals surface area contributed by atoms with Gasteiger partial charge in [-0.05, 0) is 36.4 Å². The van der Waals surface area contributed by atoms with Crippen molar-refractivity contribution < 1.29 is 9.53 Å². The van der Waals surface area contributed by atoms with Crippen LogP contribution in [0.1, 0.15) is 22.9 Å². The van der Waals surface area contributed by atoms with Crippen molar-refractivity contribution in [2.75, 3.05) is 12.0 Å². The van der Waals surface area contributed by atoms with Crippen LogP contribution in [0.2, 0.25) is 0 Å². The van der Waals surface area contributed by atoms with Gasteiger partial charge in [-0.25, -0.2) is 0 Å². The topological polar surface area (TPSA) is 29.5 Å². The molecule has 3 nitrogen and oxygen atoms in total. The summed E-state index contributed by atoms with van der Waals surface area (Å²) in [5, 5.41) is 1.98. The lowest BCUT2D eigenvalue weighted by molar-refractivity contribution is -0.116. The lowest BCUT2D eigenvalue weighted by Crippen LogP contribution is -2.29. The van der Waals surface area contributed by atoms with E-state index in [-0.39, 0.29) is 5.91 Å². The number of nitrogens with zero attached hydrogens (tertiary/aromatic N) is 1. The summed E-state index contributed by atoms with van der Waals surface area (Å²) in [6, 6.07) is 8.01. The van der Waals surface area contributed by atoms with Crippen LogP contribution in [0, 0.1) is 13.8 Å². The molecule has 0 unspecified atom stereocenters. The first-order chi connectivity index (χ1) is 9.54. The van der Waals surface area contributed by atoms with E-state index in [1.165, 1.54) is 0 Å². The van der Waals surface area contributed by atoms with E-state index in [1.54, 1.807) is 25.4 Å². The number of anilines is 1. The number of amides is 1. The van der Waals surface area contributed by atoms with Crippen molar-refractivity contribution in [1.82, 2.24) is 0 Å². The minimum absolute atomic E-state index is 0.0397. The van der Waals surface area contributed by atoms with Gasteiger partial charge in [0.25, 0.3) is 0 Å². The molecule has 0 aliphatic heterocycles. The van der Waals surface area contributed by atoms with Crippen molar-refractivity contribution >= 4 is 22.9 Å². The molecule has 0 saturated heterocycles. The molecule has 0 atom stereocenters. The Labute approximate surface area is 123 Å². The zero-order valence-electron chi connectivity index (χ0n) is 12.3. The van der Waals surface area contributed by atoms with E-state index in [0.29, 0.717) is 6.54 Å². The van der Waals surface area contributed by atoms with Crippen LogP contribution < -0.4 is 9.64 Å². The molecule has 106 valence electrons. The molecule has 2 rings (SSSR count). The number of benzene rings is 1.